The molecule has 0 N–H and O–H groups in total. The Morgan fingerprint density at radius 1 is 1.20 bits per heavy atom. The van der Waals surface area contributed by atoms with Crippen molar-refractivity contribution in [3.8, 4) is 11.7 Å². The van der Waals surface area contributed by atoms with Crippen LogP contribution in [0.4, 0.5) is 4.39 Å². The summed E-state index contributed by atoms with van der Waals surface area (Å²) in [6, 6.07) is 4.46. The molecule has 7 nitrogen and oxygen atoms in total. The average molecular weight is 349 g/mol. The molecule has 25 heavy (non-hydrogen) atoms. The van der Waals surface area contributed by atoms with Gasteiger partial charge in [-0.3, -0.25) is 0 Å². The number of nitrogens with zero attached hydrogens (tertiary/aromatic N) is 3. The molecule has 0 saturated carbocycles. The second-order valence-electron chi connectivity index (χ2n) is 7.03. The number of hydrogen-bond donors (Lipinski definition) is 0. The first-order valence-electron chi connectivity index (χ1n) is 7.93. The van der Waals surface area contributed by atoms with E-state index in [9.17, 15) is 9.18 Å². The summed E-state index contributed by atoms with van der Waals surface area (Å²) in [7, 11) is 2.16. The lowest BCUT2D eigenvalue weighted by atomic mass is 9.79. The highest BCUT2D eigenvalue weighted by Crippen LogP contribution is 2.36. The van der Waals surface area contributed by atoms with E-state index < -0.39 is 29.8 Å². The molecule has 134 valence electrons. The Hall–Kier alpha value is -2.13. The minimum atomic E-state index is -0.680. The van der Waals surface area contributed by atoms with E-state index in [1.807, 2.05) is 27.7 Å². The van der Waals surface area contributed by atoms with Crippen LogP contribution in [0.1, 0.15) is 27.7 Å². The molecule has 0 unspecified atom stereocenters. The highest BCUT2D eigenvalue weighted by molar-refractivity contribution is 6.62. The number of benzene rings is 1. The van der Waals surface area contributed by atoms with Crippen LogP contribution >= 0.6 is 0 Å². The quantitative estimate of drug-likeness (QED) is 0.774. The van der Waals surface area contributed by atoms with Crippen LogP contribution in [0.2, 0.25) is 0 Å². The number of methoxy groups -OCH3 is 1. The molecular formula is C16H21BFN3O4. The van der Waals surface area contributed by atoms with E-state index in [2.05, 4.69) is 5.10 Å². The lowest BCUT2D eigenvalue weighted by Crippen LogP contribution is -2.41. The lowest BCUT2D eigenvalue weighted by molar-refractivity contribution is 0.00578. The predicted octanol–water partition coefficient (Wildman–Crippen LogP) is 1.02. The third kappa shape index (κ3) is 2.77. The number of halogens is 1. The molecule has 0 amide bonds. The largest absolute Gasteiger partial charge is 0.494 e. The Kier molecular flexibility index (Phi) is 4.04. The summed E-state index contributed by atoms with van der Waals surface area (Å²) in [5, 5.41) is 3.91. The molecule has 1 fully saturated rings. The Labute approximate surface area is 145 Å². The standard InChI is InChI=1S/C16H21BFN3O4/c1-15(2)16(3,4)25-17(24-15)10-7-8-12(11(18)9-10)21-13(23-6)19-20(5)14(21)22/h7-9H,1-6H3. The minimum absolute atomic E-state index is 0.00906. The molecular weight excluding hydrogens is 328 g/mol. The van der Waals surface area contributed by atoms with E-state index in [1.54, 1.807) is 6.07 Å². The van der Waals surface area contributed by atoms with Crippen molar-refractivity contribution >= 4 is 12.6 Å². The summed E-state index contributed by atoms with van der Waals surface area (Å²) in [5.41, 5.74) is -0.947. The van der Waals surface area contributed by atoms with Gasteiger partial charge in [0.1, 0.15) is 5.82 Å². The smallest absolute Gasteiger partial charge is 0.467 e. The summed E-state index contributed by atoms with van der Waals surface area (Å²) >= 11 is 0. The van der Waals surface area contributed by atoms with Gasteiger partial charge >= 0.3 is 18.8 Å². The van der Waals surface area contributed by atoms with Gasteiger partial charge < -0.3 is 14.0 Å². The van der Waals surface area contributed by atoms with Crippen LogP contribution in [-0.2, 0) is 16.4 Å². The number of hydrogen-bond acceptors (Lipinski definition) is 5. The van der Waals surface area contributed by atoms with Crippen molar-refractivity contribution in [2.75, 3.05) is 7.11 Å². The van der Waals surface area contributed by atoms with Gasteiger partial charge in [0.05, 0.1) is 24.0 Å². The van der Waals surface area contributed by atoms with Crippen molar-refractivity contribution < 1.29 is 18.4 Å². The van der Waals surface area contributed by atoms with Gasteiger partial charge in [-0.1, -0.05) is 6.07 Å². The van der Waals surface area contributed by atoms with E-state index in [4.69, 9.17) is 14.0 Å². The molecule has 0 spiro atoms. The number of rotatable bonds is 3. The van der Waals surface area contributed by atoms with Crippen LogP contribution in [0.5, 0.6) is 6.01 Å². The summed E-state index contributed by atoms with van der Waals surface area (Å²) in [4.78, 5) is 12.2. The molecule has 3 rings (SSSR count). The SMILES string of the molecule is COc1nn(C)c(=O)n1-c1ccc(B2OC(C)(C)C(C)(C)O2)cc1F. The fourth-order valence-corrected chi connectivity index (χ4v) is 2.61. The molecule has 1 aliphatic heterocycles. The summed E-state index contributed by atoms with van der Waals surface area (Å²) in [5.74, 6) is -0.597. The summed E-state index contributed by atoms with van der Waals surface area (Å²) < 4.78 is 33.8. The number of aromatic nitrogens is 3. The number of aryl methyl sites for hydroxylation is 1. The van der Waals surface area contributed by atoms with Gasteiger partial charge in [0.15, 0.2) is 0 Å². The van der Waals surface area contributed by atoms with Crippen molar-refractivity contribution in [2.24, 2.45) is 7.05 Å². The fraction of sp³-hybridized carbons (Fsp3) is 0.500. The van der Waals surface area contributed by atoms with Crippen LogP contribution in [0.25, 0.3) is 5.69 Å². The predicted molar refractivity (Wildman–Crippen MR) is 91.0 cm³/mol. The van der Waals surface area contributed by atoms with Crippen LogP contribution in [0.3, 0.4) is 0 Å². The fourth-order valence-electron chi connectivity index (χ4n) is 2.61. The van der Waals surface area contributed by atoms with Gasteiger partial charge in [-0.2, -0.15) is 0 Å². The second kappa shape index (κ2) is 5.71. The lowest BCUT2D eigenvalue weighted by Gasteiger charge is -2.32. The van der Waals surface area contributed by atoms with Crippen molar-refractivity contribution in [2.45, 2.75) is 38.9 Å². The zero-order chi connectivity index (χ0) is 18.6. The molecule has 0 aliphatic carbocycles. The molecule has 9 heteroatoms. The highest BCUT2D eigenvalue weighted by atomic mass is 19.1. The maximum Gasteiger partial charge on any atom is 0.494 e. The van der Waals surface area contributed by atoms with Gasteiger partial charge in [-0.25, -0.2) is 18.4 Å². The molecule has 1 aromatic carbocycles. The highest BCUT2D eigenvalue weighted by Gasteiger charge is 2.51. The van der Waals surface area contributed by atoms with Crippen molar-refractivity contribution in [3.63, 3.8) is 0 Å². The van der Waals surface area contributed by atoms with Gasteiger partial charge in [-0.15, -0.1) is 5.10 Å². The van der Waals surface area contributed by atoms with E-state index in [0.29, 0.717) is 5.46 Å². The first-order valence-corrected chi connectivity index (χ1v) is 7.93. The Bertz CT molecular complexity index is 859. The number of ether oxygens (including phenoxy) is 1. The zero-order valence-corrected chi connectivity index (χ0v) is 15.2. The van der Waals surface area contributed by atoms with E-state index >= 15 is 0 Å². The monoisotopic (exact) mass is 349 g/mol. The van der Waals surface area contributed by atoms with Crippen molar-refractivity contribution in [1.82, 2.24) is 14.3 Å². The minimum Gasteiger partial charge on any atom is -0.467 e. The average Bonchev–Trinajstić information content (AvgIpc) is 2.92. The van der Waals surface area contributed by atoms with Crippen LogP contribution in [-0.4, -0.2) is 39.8 Å². The Balaban J connectivity index is 2.00. The second-order valence-corrected chi connectivity index (χ2v) is 7.03. The van der Waals surface area contributed by atoms with Gasteiger partial charge in [0.2, 0.25) is 0 Å². The third-order valence-electron chi connectivity index (χ3n) is 4.82. The normalized spacial score (nSPS) is 18.6. The topological polar surface area (TPSA) is 67.5 Å². The van der Waals surface area contributed by atoms with E-state index in [1.165, 1.54) is 26.3 Å². The van der Waals surface area contributed by atoms with E-state index in [0.717, 1.165) is 9.25 Å². The first kappa shape index (κ1) is 17.7. The van der Waals surface area contributed by atoms with Crippen LogP contribution < -0.4 is 15.9 Å². The molecule has 1 aliphatic rings. The first-order chi connectivity index (χ1) is 11.6. The summed E-state index contributed by atoms with van der Waals surface area (Å²) in [6.07, 6.45) is 0. The zero-order valence-electron chi connectivity index (χ0n) is 15.2. The molecule has 0 bridgehead atoms. The third-order valence-corrected chi connectivity index (χ3v) is 4.82. The Morgan fingerprint density at radius 2 is 1.80 bits per heavy atom. The van der Waals surface area contributed by atoms with Crippen LogP contribution in [0, 0.1) is 5.82 Å². The molecule has 0 atom stereocenters. The van der Waals surface area contributed by atoms with Crippen molar-refractivity contribution in [3.05, 3.63) is 34.5 Å². The molecule has 0 radical (unpaired) electrons. The molecule has 1 aromatic heterocycles. The molecule has 1 saturated heterocycles. The summed E-state index contributed by atoms with van der Waals surface area (Å²) in [6.45, 7) is 7.71. The van der Waals surface area contributed by atoms with E-state index in [-0.39, 0.29) is 11.7 Å². The molecule has 2 heterocycles. The van der Waals surface area contributed by atoms with Crippen LogP contribution in [0.15, 0.2) is 23.0 Å². The maximum atomic E-state index is 14.7. The van der Waals surface area contributed by atoms with Gasteiger partial charge in [0, 0.05) is 7.05 Å². The van der Waals surface area contributed by atoms with Crippen molar-refractivity contribution in [1.29, 1.82) is 0 Å². The van der Waals surface area contributed by atoms with Gasteiger partial charge in [-0.05, 0) is 45.3 Å². The maximum absolute atomic E-state index is 14.7. The van der Waals surface area contributed by atoms with Gasteiger partial charge in [0.25, 0.3) is 0 Å². The molecule has 2 aromatic rings. The Morgan fingerprint density at radius 3 is 2.32 bits per heavy atom.